The van der Waals surface area contributed by atoms with Gasteiger partial charge in [-0.25, -0.2) is 9.78 Å². The molecule has 0 radical (unpaired) electrons. The molecule has 21 heavy (non-hydrogen) atoms. The number of pyridine rings is 1. The molecule has 0 saturated carbocycles. The van der Waals surface area contributed by atoms with E-state index in [0.717, 1.165) is 16.5 Å². The lowest BCUT2D eigenvalue weighted by Crippen LogP contribution is -1.98. The smallest absolute Gasteiger partial charge is 0.357 e. The second-order valence-corrected chi connectivity index (χ2v) is 5.74. The number of hydrogen-bond acceptors (Lipinski definition) is 3. The summed E-state index contributed by atoms with van der Waals surface area (Å²) in [7, 11) is 0. The van der Waals surface area contributed by atoms with Crippen molar-refractivity contribution < 1.29 is 9.90 Å². The van der Waals surface area contributed by atoms with Crippen molar-refractivity contribution in [1.29, 1.82) is 0 Å². The minimum Gasteiger partial charge on any atom is -0.476 e. The number of rotatable bonds is 3. The van der Waals surface area contributed by atoms with Crippen LogP contribution in [0, 0.1) is 0 Å². The SMILES string of the molecule is O=C(O)c1nc(Cc2ccc3ncc(Cl)cc3c2)[nH]c1Br. The van der Waals surface area contributed by atoms with Gasteiger partial charge in [-0.1, -0.05) is 17.7 Å². The Hall–Kier alpha value is -1.92. The number of carbonyl (C=O) groups is 1. The average molecular weight is 367 g/mol. The van der Waals surface area contributed by atoms with Crippen molar-refractivity contribution in [3.8, 4) is 0 Å². The zero-order valence-corrected chi connectivity index (χ0v) is 12.9. The first-order valence-corrected chi connectivity index (χ1v) is 7.22. The van der Waals surface area contributed by atoms with E-state index in [1.54, 1.807) is 6.20 Å². The summed E-state index contributed by atoms with van der Waals surface area (Å²) in [6.07, 6.45) is 2.10. The minimum absolute atomic E-state index is 0.0181. The fourth-order valence-corrected chi connectivity index (χ4v) is 2.73. The van der Waals surface area contributed by atoms with Crippen molar-refractivity contribution in [2.24, 2.45) is 0 Å². The topological polar surface area (TPSA) is 78.9 Å². The van der Waals surface area contributed by atoms with Crippen molar-refractivity contribution in [2.75, 3.05) is 0 Å². The lowest BCUT2D eigenvalue weighted by atomic mass is 10.1. The third-order valence-electron chi connectivity index (χ3n) is 3.00. The van der Waals surface area contributed by atoms with E-state index in [-0.39, 0.29) is 5.69 Å². The van der Waals surface area contributed by atoms with E-state index in [4.69, 9.17) is 16.7 Å². The minimum atomic E-state index is -1.07. The number of carboxylic acid groups (broad SMARTS) is 1. The highest BCUT2D eigenvalue weighted by molar-refractivity contribution is 9.10. The second kappa shape index (κ2) is 5.46. The van der Waals surface area contributed by atoms with Crippen LogP contribution in [0.1, 0.15) is 21.9 Å². The Bertz CT molecular complexity index is 847. The average Bonchev–Trinajstić information content (AvgIpc) is 2.79. The van der Waals surface area contributed by atoms with E-state index < -0.39 is 5.97 Å². The van der Waals surface area contributed by atoms with Crippen LogP contribution >= 0.6 is 27.5 Å². The zero-order chi connectivity index (χ0) is 15.0. The maximum atomic E-state index is 11.0. The van der Waals surface area contributed by atoms with Gasteiger partial charge in [-0.05, 0) is 39.7 Å². The standard InChI is InChI=1S/C14H9BrClN3O2/c15-13-12(14(20)21)18-11(19-13)4-7-1-2-10-8(3-7)5-9(16)6-17-10/h1-3,5-6H,4H2,(H,18,19)(H,20,21). The van der Waals surface area contributed by atoms with Gasteiger partial charge in [-0.3, -0.25) is 4.98 Å². The third kappa shape index (κ3) is 2.91. The second-order valence-electron chi connectivity index (χ2n) is 4.51. The van der Waals surface area contributed by atoms with Gasteiger partial charge in [0.1, 0.15) is 10.4 Å². The lowest BCUT2D eigenvalue weighted by molar-refractivity contribution is 0.0690. The molecule has 106 valence electrons. The molecule has 0 amide bonds. The molecule has 0 aliphatic heterocycles. The third-order valence-corrected chi connectivity index (χ3v) is 3.78. The quantitative estimate of drug-likeness (QED) is 0.741. The predicted octanol–water partition coefficient (Wildman–Crippen LogP) is 3.66. The van der Waals surface area contributed by atoms with Crippen LogP contribution in [0.15, 0.2) is 35.1 Å². The Morgan fingerprint density at radius 1 is 1.38 bits per heavy atom. The van der Waals surface area contributed by atoms with E-state index in [1.165, 1.54) is 0 Å². The van der Waals surface area contributed by atoms with E-state index in [2.05, 4.69) is 30.9 Å². The Kier molecular flexibility index (Phi) is 3.65. The van der Waals surface area contributed by atoms with Crippen LogP contribution in [0.4, 0.5) is 0 Å². The van der Waals surface area contributed by atoms with Crippen LogP contribution in [0.5, 0.6) is 0 Å². The highest BCUT2D eigenvalue weighted by atomic mass is 79.9. The summed E-state index contributed by atoms with van der Waals surface area (Å²) in [6.45, 7) is 0. The first-order valence-electron chi connectivity index (χ1n) is 6.05. The Morgan fingerprint density at radius 3 is 2.90 bits per heavy atom. The molecular formula is C14H9BrClN3O2. The molecular weight excluding hydrogens is 358 g/mol. The maximum Gasteiger partial charge on any atom is 0.357 e. The molecule has 0 unspecified atom stereocenters. The number of nitrogens with zero attached hydrogens (tertiary/aromatic N) is 2. The molecule has 0 fully saturated rings. The van der Waals surface area contributed by atoms with Gasteiger partial charge in [0, 0.05) is 18.0 Å². The van der Waals surface area contributed by atoms with Gasteiger partial charge in [0.25, 0.3) is 0 Å². The maximum absolute atomic E-state index is 11.0. The lowest BCUT2D eigenvalue weighted by Gasteiger charge is -2.02. The molecule has 2 heterocycles. The summed E-state index contributed by atoms with van der Waals surface area (Å²) in [5.41, 5.74) is 1.83. The van der Waals surface area contributed by atoms with Gasteiger partial charge in [0.15, 0.2) is 5.69 Å². The summed E-state index contributed by atoms with van der Waals surface area (Å²) < 4.78 is 0.371. The number of carboxylic acids is 1. The summed E-state index contributed by atoms with van der Waals surface area (Å²) in [6, 6.07) is 7.64. The molecule has 0 spiro atoms. The number of nitrogens with one attached hydrogen (secondary N) is 1. The molecule has 0 saturated heterocycles. The van der Waals surface area contributed by atoms with Crippen molar-refractivity contribution in [3.05, 3.63) is 57.2 Å². The fraction of sp³-hybridized carbons (Fsp3) is 0.0714. The van der Waals surface area contributed by atoms with E-state index in [0.29, 0.717) is 21.9 Å². The van der Waals surface area contributed by atoms with E-state index in [9.17, 15) is 4.79 Å². The molecule has 0 aliphatic carbocycles. The molecule has 5 nitrogen and oxygen atoms in total. The Morgan fingerprint density at radius 2 is 2.19 bits per heavy atom. The van der Waals surface area contributed by atoms with Crippen LogP contribution in [0.3, 0.4) is 0 Å². The molecule has 0 aliphatic rings. The van der Waals surface area contributed by atoms with Crippen molar-refractivity contribution in [3.63, 3.8) is 0 Å². The number of H-pyrrole nitrogens is 1. The van der Waals surface area contributed by atoms with Crippen LogP contribution in [0.25, 0.3) is 10.9 Å². The number of halogens is 2. The number of aromatic carboxylic acids is 1. The number of aromatic amines is 1. The number of imidazole rings is 1. The van der Waals surface area contributed by atoms with E-state index >= 15 is 0 Å². The fourth-order valence-electron chi connectivity index (χ4n) is 2.08. The van der Waals surface area contributed by atoms with Gasteiger partial charge in [0.05, 0.1) is 10.5 Å². The molecule has 2 aromatic heterocycles. The van der Waals surface area contributed by atoms with Crippen LogP contribution in [0.2, 0.25) is 5.02 Å². The number of fused-ring (bicyclic) bond motifs is 1. The number of aromatic nitrogens is 3. The Balaban J connectivity index is 1.94. The van der Waals surface area contributed by atoms with Gasteiger partial charge in [-0.2, -0.15) is 0 Å². The molecule has 2 N–H and O–H groups in total. The predicted molar refractivity (Wildman–Crippen MR) is 82.8 cm³/mol. The number of hydrogen-bond donors (Lipinski definition) is 2. The largest absolute Gasteiger partial charge is 0.476 e. The van der Waals surface area contributed by atoms with Crippen LogP contribution in [-0.2, 0) is 6.42 Å². The van der Waals surface area contributed by atoms with Crippen molar-refractivity contribution in [1.82, 2.24) is 15.0 Å². The zero-order valence-electron chi connectivity index (χ0n) is 10.6. The van der Waals surface area contributed by atoms with Crippen molar-refractivity contribution in [2.45, 2.75) is 6.42 Å². The first kappa shape index (κ1) is 14.0. The molecule has 0 bridgehead atoms. The highest BCUT2D eigenvalue weighted by Crippen LogP contribution is 2.20. The summed E-state index contributed by atoms with van der Waals surface area (Å²) in [4.78, 5) is 22.2. The van der Waals surface area contributed by atoms with Gasteiger partial charge >= 0.3 is 5.97 Å². The monoisotopic (exact) mass is 365 g/mol. The summed E-state index contributed by atoms with van der Waals surface area (Å²) in [5.74, 6) is -0.493. The Labute approximate surface area is 133 Å². The highest BCUT2D eigenvalue weighted by Gasteiger charge is 2.14. The molecule has 1 aromatic carbocycles. The normalized spacial score (nSPS) is 11.0. The van der Waals surface area contributed by atoms with Crippen molar-refractivity contribution >= 4 is 44.4 Å². The van der Waals surface area contributed by atoms with Crippen LogP contribution in [-0.4, -0.2) is 26.0 Å². The van der Waals surface area contributed by atoms with E-state index in [1.807, 2.05) is 24.3 Å². The van der Waals surface area contributed by atoms with Gasteiger partial charge in [0.2, 0.25) is 0 Å². The first-order chi connectivity index (χ1) is 10.0. The molecule has 3 aromatic rings. The molecule has 3 rings (SSSR count). The molecule has 0 atom stereocenters. The summed E-state index contributed by atoms with van der Waals surface area (Å²) >= 11 is 9.09. The number of benzene rings is 1. The van der Waals surface area contributed by atoms with Crippen LogP contribution < -0.4 is 0 Å². The molecule has 7 heteroatoms. The van der Waals surface area contributed by atoms with Gasteiger partial charge < -0.3 is 10.1 Å². The summed E-state index contributed by atoms with van der Waals surface area (Å²) in [5, 5.41) is 10.5. The van der Waals surface area contributed by atoms with Gasteiger partial charge in [-0.15, -0.1) is 0 Å².